The number of ether oxygens (including phenoxy) is 1. The molecule has 1 N–H and O–H groups in total. The lowest BCUT2D eigenvalue weighted by Crippen LogP contribution is -2.21. The Hall–Kier alpha value is -1.17. The first-order chi connectivity index (χ1) is 7.22. The topological polar surface area (TPSA) is 21.3 Å². The van der Waals surface area contributed by atoms with Crippen LogP contribution in [-0.4, -0.2) is 12.6 Å². The molecule has 1 aromatic carbocycles. The van der Waals surface area contributed by atoms with Gasteiger partial charge >= 0.3 is 0 Å². The molecule has 0 aliphatic carbocycles. The SMILES string of the molecule is C#CCOc1ccc(CNC(C)C)cc1.Cl. The number of benzene rings is 1. The van der Waals surface area contributed by atoms with Crippen LogP contribution in [0.1, 0.15) is 19.4 Å². The zero-order valence-corrected chi connectivity index (χ0v) is 10.5. The second kappa shape index (κ2) is 8.04. The van der Waals surface area contributed by atoms with E-state index < -0.39 is 0 Å². The summed E-state index contributed by atoms with van der Waals surface area (Å²) in [4.78, 5) is 0. The van der Waals surface area contributed by atoms with E-state index in [0.717, 1.165) is 12.3 Å². The van der Waals surface area contributed by atoms with E-state index in [-0.39, 0.29) is 12.4 Å². The molecule has 0 amide bonds. The second-order valence-corrected chi connectivity index (χ2v) is 3.67. The highest BCUT2D eigenvalue weighted by molar-refractivity contribution is 5.85. The summed E-state index contributed by atoms with van der Waals surface area (Å²) < 4.78 is 5.28. The molecule has 0 aliphatic rings. The highest BCUT2D eigenvalue weighted by atomic mass is 35.5. The van der Waals surface area contributed by atoms with E-state index in [9.17, 15) is 0 Å². The van der Waals surface area contributed by atoms with E-state index in [0.29, 0.717) is 12.6 Å². The normalized spacial score (nSPS) is 9.38. The fourth-order valence-corrected chi connectivity index (χ4v) is 1.15. The van der Waals surface area contributed by atoms with Gasteiger partial charge in [-0.15, -0.1) is 18.8 Å². The first-order valence-corrected chi connectivity index (χ1v) is 5.11. The summed E-state index contributed by atoms with van der Waals surface area (Å²) in [5.41, 5.74) is 1.25. The molecule has 0 aromatic heterocycles. The van der Waals surface area contributed by atoms with Gasteiger partial charge in [-0.1, -0.05) is 31.9 Å². The number of terminal acetylenes is 1. The van der Waals surface area contributed by atoms with E-state index >= 15 is 0 Å². The van der Waals surface area contributed by atoms with E-state index in [1.54, 1.807) is 0 Å². The summed E-state index contributed by atoms with van der Waals surface area (Å²) >= 11 is 0. The number of hydrogen-bond donors (Lipinski definition) is 1. The third-order valence-corrected chi connectivity index (χ3v) is 1.96. The molecule has 88 valence electrons. The lowest BCUT2D eigenvalue weighted by molar-refractivity contribution is 0.370. The minimum absolute atomic E-state index is 0. The van der Waals surface area contributed by atoms with Crippen LogP contribution in [0.25, 0.3) is 0 Å². The minimum Gasteiger partial charge on any atom is -0.481 e. The minimum atomic E-state index is 0. The number of halogens is 1. The highest BCUT2D eigenvalue weighted by Crippen LogP contribution is 2.11. The van der Waals surface area contributed by atoms with Crippen molar-refractivity contribution in [3.8, 4) is 18.1 Å². The summed E-state index contributed by atoms with van der Waals surface area (Å²) in [6, 6.07) is 8.47. The maximum Gasteiger partial charge on any atom is 0.148 e. The summed E-state index contributed by atoms with van der Waals surface area (Å²) in [6.45, 7) is 5.46. The Kier molecular flexibility index (Phi) is 7.45. The van der Waals surface area contributed by atoms with E-state index in [1.807, 2.05) is 24.3 Å². The van der Waals surface area contributed by atoms with Crippen LogP contribution in [0.15, 0.2) is 24.3 Å². The third-order valence-electron chi connectivity index (χ3n) is 1.96. The first kappa shape index (κ1) is 14.8. The summed E-state index contributed by atoms with van der Waals surface area (Å²) in [5.74, 6) is 3.26. The molecule has 0 radical (unpaired) electrons. The fraction of sp³-hybridized carbons (Fsp3) is 0.385. The van der Waals surface area contributed by atoms with Crippen LogP contribution in [0, 0.1) is 12.3 Å². The fourth-order valence-electron chi connectivity index (χ4n) is 1.15. The van der Waals surface area contributed by atoms with E-state index in [1.165, 1.54) is 5.56 Å². The Bertz CT molecular complexity index is 327. The molecule has 3 heteroatoms. The molecule has 0 heterocycles. The van der Waals surface area contributed by atoms with Gasteiger partial charge < -0.3 is 10.1 Å². The Labute approximate surface area is 104 Å². The first-order valence-electron chi connectivity index (χ1n) is 5.11. The van der Waals surface area contributed by atoms with Gasteiger partial charge in [0.1, 0.15) is 12.4 Å². The molecule has 1 aromatic rings. The maximum absolute atomic E-state index is 5.28. The molecule has 0 spiro atoms. The molecule has 1 rings (SSSR count). The summed E-state index contributed by atoms with van der Waals surface area (Å²) in [7, 11) is 0. The van der Waals surface area contributed by atoms with Crippen molar-refractivity contribution in [2.24, 2.45) is 0 Å². The Morgan fingerprint density at radius 2 is 1.94 bits per heavy atom. The van der Waals surface area contributed by atoms with Gasteiger partial charge in [0, 0.05) is 12.6 Å². The quantitative estimate of drug-likeness (QED) is 0.798. The second-order valence-electron chi connectivity index (χ2n) is 3.67. The van der Waals surface area contributed by atoms with Gasteiger partial charge in [0.25, 0.3) is 0 Å². The smallest absolute Gasteiger partial charge is 0.148 e. The number of nitrogens with one attached hydrogen (secondary N) is 1. The highest BCUT2D eigenvalue weighted by Gasteiger charge is 1.96. The number of hydrogen-bond acceptors (Lipinski definition) is 2. The zero-order valence-electron chi connectivity index (χ0n) is 9.69. The van der Waals surface area contributed by atoms with Gasteiger partial charge in [0.15, 0.2) is 0 Å². The van der Waals surface area contributed by atoms with Crippen molar-refractivity contribution in [1.29, 1.82) is 0 Å². The van der Waals surface area contributed by atoms with Crippen molar-refractivity contribution in [2.45, 2.75) is 26.4 Å². The summed E-state index contributed by atoms with van der Waals surface area (Å²) in [5, 5.41) is 3.35. The molecule has 0 saturated carbocycles. The van der Waals surface area contributed by atoms with Crippen LogP contribution >= 0.6 is 12.4 Å². The average molecular weight is 240 g/mol. The molecular formula is C13H18ClNO. The van der Waals surface area contributed by atoms with Crippen LogP contribution in [-0.2, 0) is 6.54 Å². The molecule has 0 fully saturated rings. The monoisotopic (exact) mass is 239 g/mol. The standard InChI is InChI=1S/C13H17NO.ClH/c1-4-9-15-13-7-5-12(6-8-13)10-14-11(2)3;/h1,5-8,11,14H,9-10H2,2-3H3;1H. The van der Waals surface area contributed by atoms with E-state index in [2.05, 4.69) is 25.1 Å². The van der Waals surface area contributed by atoms with Crippen LogP contribution in [0.3, 0.4) is 0 Å². The molecule has 2 nitrogen and oxygen atoms in total. The van der Waals surface area contributed by atoms with Gasteiger partial charge in [-0.2, -0.15) is 0 Å². The molecular weight excluding hydrogens is 222 g/mol. The lowest BCUT2D eigenvalue weighted by Gasteiger charge is -2.08. The van der Waals surface area contributed by atoms with Crippen LogP contribution in [0.5, 0.6) is 5.75 Å². The van der Waals surface area contributed by atoms with Crippen molar-refractivity contribution < 1.29 is 4.74 Å². The Balaban J connectivity index is 0.00000225. The number of rotatable bonds is 5. The van der Waals surface area contributed by atoms with Crippen molar-refractivity contribution in [2.75, 3.05) is 6.61 Å². The lowest BCUT2D eigenvalue weighted by atomic mass is 10.2. The van der Waals surface area contributed by atoms with Crippen LogP contribution < -0.4 is 10.1 Å². The van der Waals surface area contributed by atoms with Crippen LogP contribution in [0.4, 0.5) is 0 Å². The molecule has 0 bridgehead atoms. The predicted octanol–water partition coefficient (Wildman–Crippen LogP) is 2.62. The molecule has 16 heavy (non-hydrogen) atoms. The Morgan fingerprint density at radius 1 is 1.31 bits per heavy atom. The molecule has 0 aliphatic heterocycles. The van der Waals surface area contributed by atoms with Crippen LogP contribution in [0.2, 0.25) is 0 Å². The van der Waals surface area contributed by atoms with Crippen molar-refractivity contribution in [1.82, 2.24) is 5.32 Å². The zero-order chi connectivity index (χ0) is 11.1. The maximum atomic E-state index is 5.28. The average Bonchev–Trinajstić information content (AvgIpc) is 2.25. The van der Waals surface area contributed by atoms with Gasteiger partial charge in [0.05, 0.1) is 0 Å². The predicted molar refractivity (Wildman–Crippen MR) is 70.0 cm³/mol. The van der Waals surface area contributed by atoms with Gasteiger partial charge in [-0.3, -0.25) is 0 Å². The summed E-state index contributed by atoms with van der Waals surface area (Å²) in [6.07, 6.45) is 5.10. The largest absolute Gasteiger partial charge is 0.481 e. The van der Waals surface area contributed by atoms with Crippen molar-refractivity contribution >= 4 is 12.4 Å². The molecule has 0 unspecified atom stereocenters. The molecule has 0 atom stereocenters. The Morgan fingerprint density at radius 3 is 2.44 bits per heavy atom. The van der Waals surface area contributed by atoms with Gasteiger partial charge in [-0.25, -0.2) is 0 Å². The molecule has 0 saturated heterocycles. The van der Waals surface area contributed by atoms with Gasteiger partial charge in [0.2, 0.25) is 0 Å². The van der Waals surface area contributed by atoms with E-state index in [4.69, 9.17) is 11.2 Å². The van der Waals surface area contributed by atoms with Crippen molar-refractivity contribution in [3.05, 3.63) is 29.8 Å². The third kappa shape index (κ3) is 5.65. The van der Waals surface area contributed by atoms with Crippen molar-refractivity contribution in [3.63, 3.8) is 0 Å². The van der Waals surface area contributed by atoms with Gasteiger partial charge in [-0.05, 0) is 17.7 Å².